The fourth-order valence-electron chi connectivity index (χ4n) is 1.17. The van der Waals surface area contributed by atoms with Crippen LogP contribution in [0.4, 0.5) is 5.69 Å². The van der Waals surface area contributed by atoms with Gasteiger partial charge in [-0.2, -0.15) is 0 Å². The Hall–Kier alpha value is -1.09. The first-order chi connectivity index (χ1) is 4.88. The Kier molecular flexibility index (Phi) is 1.11. The predicted molar refractivity (Wildman–Crippen MR) is 39.5 cm³/mol. The largest absolute Gasteiger partial charge is 0.311 e. The van der Waals surface area contributed by atoms with Crippen molar-refractivity contribution < 1.29 is 0 Å². The summed E-state index contributed by atoms with van der Waals surface area (Å²) < 4.78 is 0. The molecule has 0 radical (unpaired) electrons. The fourth-order valence-corrected chi connectivity index (χ4v) is 1.17. The molecule has 3 heteroatoms. The summed E-state index contributed by atoms with van der Waals surface area (Å²) >= 11 is 0. The van der Waals surface area contributed by atoms with Crippen LogP contribution in [0.5, 0.6) is 0 Å². The van der Waals surface area contributed by atoms with Crippen LogP contribution in [0.2, 0.25) is 0 Å². The van der Waals surface area contributed by atoms with Crippen molar-refractivity contribution in [3.63, 3.8) is 0 Å². The molecule has 2 heterocycles. The van der Waals surface area contributed by atoms with Gasteiger partial charge in [-0.05, 0) is 6.07 Å². The van der Waals surface area contributed by atoms with E-state index in [0.717, 1.165) is 6.54 Å². The average Bonchev–Trinajstić information content (AvgIpc) is 2.34. The lowest BCUT2D eigenvalue weighted by Crippen LogP contribution is -2.26. The second-order valence-corrected chi connectivity index (χ2v) is 2.40. The van der Waals surface area contributed by atoms with Crippen molar-refractivity contribution in [2.24, 2.45) is 0 Å². The number of hydrogen-bond acceptors (Lipinski definition) is 3. The number of anilines is 1. The summed E-state index contributed by atoms with van der Waals surface area (Å²) in [5, 5.41) is 2.01. The summed E-state index contributed by atoms with van der Waals surface area (Å²) in [7, 11) is 2.01. The van der Waals surface area contributed by atoms with Gasteiger partial charge in [0.1, 0.15) is 0 Å². The standard InChI is InChI=1S/C7H9N3/c1-10-7-2-3-8-4-6(7)5-9-10/h2-4,9H,5H2,1H3. The van der Waals surface area contributed by atoms with E-state index in [-0.39, 0.29) is 0 Å². The molecule has 1 aliphatic rings. The maximum atomic E-state index is 4.02. The van der Waals surface area contributed by atoms with Gasteiger partial charge >= 0.3 is 0 Å². The van der Waals surface area contributed by atoms with E-state index in [2.05, 4.69) is 10.4 Å². The molecule has 0 bridgehead atoms. The molecular formula is C7H9N3. The third-order valence-corrected chi connectivity index (χ3v) is 1.75. The number of nitrogens with one attached hydrogen (secondary N) is 1. The number of fused-ring (bicyclic) bond motifs is 1. The minimum Gasteiger partial charge on any atom is -0.311 e. The van der Waals surface area contributed by atoms with Gasteiger partial charge in [0.05, 0.1) is 5.69 Å². The van der Waals surface area contributed by atoms with Crippen molar-refractivity contribution in [1.82, 2.24) is 10.4 Å². The lowest BCUT2D eigenvalue weighted by molar-refractivity contribution is 0.734. The molecule has 3 nitrogen and oxygen atoms in total. The van der Waals surface area contributed by atoms with Crippen LogP contribution in [0.25, 0.3) is 0 Å². The van der Waals surface area contributed by atoms with Gasteiger partial charge in [0.2, 0.25) is 0 Å². The Morgan fingerprint density at radius 3 is 3.40 bits per heavy atom. The van der Waals surface area contributed by atoms with E-state index in [0.29, 0.717) is 0 Å². The van der Waals surface area contributed by atoms with Gasteiger partial charge in [-0.3, -0.25) is 4.98 Å². The van der Waals surface area contributed by atoms with Crippen LogP contribution in [0.1, 0.15) is 5.56 Å². The zero-order valence-electron chi connectivity index (χ0n) is 5.83. The van der Waals surface area contributed by atoms with Gasteiger partial charge < -0.3 is 5.01 Å². The number of hydrazine groups is 1. The van der Waals surface area contributed by atoms with E-state index in [1.807, 2.05) is 30.5 Å². The number of rotatable bonds is 0. The van der Waals surface area contributed by atoms with Crippen LogP contribution in [0.3, 0.4) is 0 Å². The van der Waals surface area contributed by atoms with Crippen LogP contribution in [0, 0.1) is 0 Å². The molecule has 0 atom stereocenters. The summed E-state index contributed by atoms with van der Waals surface area (Å²) in [5.74, 6) is 0. The molecule has 2 rings (SSSR count). The van der Waals surface area contributed by atoms with Crippen LogP contribution in [0.15, 0.2) is 18.5 Å². The molecule has 1 aromatic heterocycles. The summed E-state index contributed by atoms with van der Waals surface area (Å²) in [6.45, 7) is 0.902. The molecule has 1 aliphatic heterocycles. The topological polar surface area (TPSA) is 28.2 Å². The molecule has 1 N–H and O–H groups in total. The predicted octanol–water partition coefficient (Wildman–Crippen LogP) is 0.536. The van der Waals surface area contributed by atoms with Crippen molar-refractivity contribution >= 4 is 5.69 Å². The first kappa shape index (κ1) is 5.68. The van der Waals surface area contributed by atoms with Crippen LogP contribution in [-0.4, -0.2) is 12.0 Å². The lowest BCUT2D eigenvalue weighted by Gasteiger charge is -2.10. The van der Waals surface area contributed by atoms with Gasteiger partial charge in [0, 0.05) is 31.5 Å². The molecule has 0 aromatic carbocycles. The molecular weight excluding hydrogens is 126 g/mol. The van der Waals surface area contributed by atoms with Crippen LogP contribution < -0.4 is 10.4 Å². The Bertz CT molecular complexity index is 246. The van der Waals surface area contributed by atoms with Gasteiger partial charge in [0.25, 0.3) is 0 Å². The maximum Gasteiger partial charge on any atom is 0.0592 e. The van der Waals surface area contributed by atoms with Crippen molar-refractivity contribution in [1.29, 1.82) is 0 Å². The van der Waals surface area contributed by atoms with E-state index in [9.17, 15) is 0 Å². The third kappa shape index (κ3) is 0.675. The maximum absolute atomic E-state index is 4.02. The Morgan fingerprint density at radius 2 is 2.60 bits per heavy atom. The molecule has 0 saturated carbocycles. The van der Waals surface area contributed by atoms with E-state index in [1.54, 1.807) is 0 Å². The van der Waals surface area contributed by atoms with Crippen molar-refractivity contribution in [3.8, 4) is 0 Å². The van der Waals surface area contributed by atoms with Gasteiger partial charge in [0.15, 0.2) is 0 Å². The first-order valence-electron chi connectivity index (χ1n) is 3.28. The number of nitrogens with zero attached hydrogens (tertiary/aromatic N) is 2. The Morgan fingerprint density at radius 1 is 1.70 bits per heavy atom. The zero-order valence-corrected chi connectivity index (χ0v) is 5.83. The van der Waals surface area contributed by atoms with E-state index in [4.69, 9.17) is 0 Å². The highest BCUT2D eigenvalue weighted by Crippen LogP contribution is 2.20. The van der Waals surface area contributed by atoms with Crippen molar-refractivity contribution in [2.45, 2.75) is 6.54 Å². The molecule has 0 fully saturated rings. The summed E-state index contributed by atoms with van der Waals surface area (Å²) in [4.78, 5) is 4.02. The number of hydrogen-bond donors (Lipinski definition) is 1. The van der Waals surface area contributed by atoms with Crippen LogP contribution >= 0.6 is 0 Å². The molecule has 0 spiro atoms. The molecule has 52 valence electrons. The quantitative estimate of drug-likeness (QED) is 0.562. The highest BCUT2D eigenvalue weighted by molar-refractivity contribution is 5.53. The molecule has 0 saturated heterocycles. The zero-order chi connectivity index (χ0) is 6.97. The van der Waals surface area contributed by atoms with Crippen LogP contribution in [-0.2, 0) is 6.54 Å². The third-order valence-electron chi connectivity index (χ3n) is 1.75. The number of pyridine rings is 1. The summed E-state index contributed by atoms with van der Waals surface area (Å²) in [6.07, 6.45) is 3.70. The fraction of sp³-hybridized carbons (Fsp3) is 0.286. The van der Waals surface area contributed by atoms with Gasteiger partial charge in [-0.25, -0.2) is 5.43 Å². The summed E-state index contributed by atoms with van der Waals surface area (Å²) in [6, 6.07) is 2.01. The SMILES string of the molecule is CN1NCc2cnccc21. The van der Waals surface area contributed by atoms with E-state index >= 15 is 0 Å². The van der Waals surface area contributed by atoms with E-state index < -0.39 is 0 Å². The first-order valence-corrected chi connectivity index (χ1v) is 3.28. The highest BCUT2D eigenvalue weighted by atomic mass is 15.5. The summed E-state index contributed by atoms with van der Waals surface area (Å²) in [5.41, 5.74) is 5.68. The lowest BCUT2D eigenvalue weighted by atomic mass is 10.2. The average molecular weight is 135 g/mol. The number of aromatic nitrogens is 1. The minimum atomic E-state index is 0.902. The smallest absolute Gasteiger partial charge is 0.0592 e. The van der Waals surface area contributed by atoms with Gasteiger partial charge in [-0.1, -0.05) is 0 Å². The minimum absolute atomic E-state index is 0.902. The monoisotopic (exact) mass is 135 g/mol. The molecule has 10 heavy (non-hydrogen) atoms. The second kappa shape index (κ2) is 1.95. The highest BCUT2D eigenvalue weighted by Gasteiger charge is 2.12. The normalized spacial score (nSPS) is 15.5. The molecule has 0 aliphatic carbocycles. The second-order valence-electron chi connectivity index (χ2n) is 2.40. The Labute approximate surface area is 59.7 Å². The van der Waals surface area contributed by atoms with Gasteiger partial charge in [-0.15, -0.1) is 0 Å². The molecule has 0 unspecified atom stereocenters. The van der Waals surface area contributed by atoms with E-state index in [1.165, 1.54) is 11.3 Å². The van der Waals surface area contributed by atoms with Crippen molar-refractivity contribution in [3.05, 3.63) is 24.0 Å². The molecule has 0 amide bonds. The molecule has 1 aromatic rings. The Balaban J connectivity index is 2.51. The van der Waals surface area contributed by atoms with Crippen molar-refractivity contribution in [2.75, 3.05) is 12.1 Å².